The first-order valence-corrected chi connectivity index (χ1v) is 18.8. The van der Waals surface area contributed by atoms with Gasteiger partial charge in [-0.3, -0.25) is 19.1 Å². The van der Waals surface area contributed by atoms with Crippen LogP contribution in [0.1, 0.15) is 65.7 Å². The highest BCUT2D eigenvalue weighted by atomic mass is 32.2. The highest BCUT2D eigenvalue weighted by Gasteiger charge is 2.63. The van der Waals surface area contributed by atoms with E-state index in [1.54, 1.807) is 19.9 Å². The Labute approximate surface area is 296 Å². The molecule has 4 aliphatic rings. The highest BCUT2D eigenvalue weighted by Crippen LogP contribution is 2.47. The van der Waals surface area contributed by atoms with Gasteiger partial charge in [0, 0.05) is 23.1 Å². The Morgan fingerprint density at radius 3 is 2.59 bits per heavy atom. The SMILES string of the molecule is CC[C@@H]1O[C@H](C)CCC=C[C@@H]2C[C@@]2(C(=O)NS(=O)(=O)C2(C)CC2)NC(=O)[C@@H]2C[C@@H](Oc3ncc(OC)c4ccccc34)CN2C(=O)[C@H]1NC(=O)O. The molecule has 1 aromatic carbocycles. The lowest BCUT2D eigenvalue weighted by molar-refractivity contribution is -0.145. The lowest BCUT2D eigenvalue weighted by Gasteiger charge is -2.33. The summed E-state index contributed by atoms with van der Waals surface area (Å²) < 4.78 is 45.4. The molecule has 7 atom stereocenters. The third-order valence-electron chi connectivity index (χ3n) is 10.5. The van der Waals surface area contributed by atoms with E-state index in [1.165, 1.54) is 18.2 Å². The molecule has 0 radical (unpaired) electrons. The topological polar surface area (TPSA) is 203 Å². The predicted octanol–water partition coefficient (Wildman–Crippen LogP) is 2.64. The molecule has 0 spiro atoms. The smallest absolute Gasteiger partial charge is 0.405 e. The van der Waals surface area contributed by atoms with E-state index >= 15 is 0 Å². The molecule has 4 amide bonds. The van der Waals surface area contributed by atoms with Gasteiger partial charge in [-0.2, -0.15) is 0 Å². The van der Waals surface area contributed by atoms with Crippen LogP contribution in [0.4, 0.5) is 4.79 Å². The largest absolute Gasteiger partial charge is 0.494 e. The van der Waals surface area contributed by atoms with E-state index < -0.39 is 74.3 Å². The van der Waals surface area contributed by atoms with Crippen LogP contribution in [0.3, 0.4) is 0 Å². The van der Waals surface area contributed by atoms with Crippen LogP contribution in [-0.4, -0.2) is 102 Å². The molecular formula is C35H45N5O10S. The number of amides is 4. The van der Waals surface area contributed by atoms with Crippen LogP contribution in [0, 0.1) is 5.92 Å². The van der Waals surface area contributed by atoms with Gasteiger partial charge in [-0.15, -0.1) is 0 Å². The van der Waals surface area contributed by atoms with Crippen molar-refractivity contribution in [1.29, 1.82) is 0 Å². The van der Waals surface area contributed by atoms with Crippen LogP contribution < -0.4 is 24.8 Å². The summed E-state index contributed by atoms with van der Waals surface area (Å²) in [7, 11) is -2.48. The van der Waals surface area contributed by atoms with Gasteiger partial charge in [-0.25, -0.2) is 18.2 Å². The number of sulfonamides is 1. The number of rotatable bonds is 8. The second-order valence-corrected chi connectivity index (χ2v) is 16.3. The van der Waals surface area contributed by atoms with Gasteiger partial charge in [0.05, 0.1) is 36.8 Å². The lowest BCUT2D eigenvalue weighted by Crippen LogP contribution is -2.60. The average Bonchev–Trinajstić information content (AvgIpc) is 3.97. The summed E-state index contributed by atoms with van der Waals surface area (Å²) >= 11 is 0. The fourth-order valence-corrected chi connectivity index (χ4v) is 8.30. The molecule has 276 valence electrons. The van der Waals surface area contributed by atoms with E-state index in [1.807, 2.05) is 37.3 Å². The predicted molar refractivity (Wildman–Crippen MR) is 184 cm³/mol. The minimum Gasteiger partial charge on any atom is -0.494 e. The molecule has 6 rings (SSSR count). The molecule has 3 fully saturated rings. The second-order valence-electron chi connectivity index (χ2n) is 14.1. The minimum absolute atomic E-state index is 0.0258. The van der Waals surface area contributed by atoms with Gasteiger partial charge < -0.3 is 34.9 Å². The van der Waals surface area contributed by atoms with Crippen molar-refractivity contribution in [3.05, 3.63) is 42.6 Å². The summed E-state index contributed by atoms with van der Waals surface area (Å²) in [5.74, 6) is -1.95. The zero-order valence-corrected chi connectivity index (χ0v) is 29.9. The number of hydrogen-bond donors (Lipinski definition) is 4. The van der Waals surface area contributed by atoms with Crippen LogP contribution in [0.5, 0.6) is 11.6 Å². The summed E-state index contributed by atoms with van der Waals surface area (Å²) in [4.78, 5) is 60.2. The van der Waals surface area contributed by atoms with Crippen LogP contribution in [0.15, 0.2) is 42.6 Å². The van der Waals surface area contributed by atoms with Gasteiger partial charge in [0.1, 0.15) is 29.5 Å². The zero-order valence-electron chi connectivity index (χ0n) is 29.1. The maximum atomic E-state index is 14.4. The molecule has 15 nitrogen and oxygen atoms in total. The van der Waals surface area contributed by atoms with Gasteiger partial charge in [-0.1, -0.05) is 37.3 Å². The number of carbonyl (C=O) groups excluding carboxylic acids is 3. The molecule has 3 heterocycles. The summed E-state index contributed by atoms with van der Waals surface area (Å²) in [5.41, 5.74) is -1.57. The van der Waals surface area contributed by atoms with Crippen molar-refractivity contribution in [3.63, 3.8) is 0 Å². The van der Waals surface area contributed by atoms with Crippen LogP contribution in [0.25, 0.3) is 10.8 Å². The number of benzene rings is 1. The molecular weight excluding hydrogens is 682 g/mol. The van der Waals surface area contributed by atoms with Crippen molar-refractivity contribution in [1.82, 2.24) is 25.2 Å². The third kappa shape index (κ3) is 7.20. The Kier molecular flexibility index (Phi) is 9.94. The number of hydrogen-bond acceptors (Lipinski definition) is 10. The standard InChI is InChI=1S/C35H45N5O10S/c1-5-26-28(37-33(44)45)31(42)40-19-22(50-30-24-13-9-8-12-23(24)27(48-4)18-36-30)16-25(40)29(41)38-35(17-21(35)11-7-6-10-20(2)49-26)32(43)39-51(46,47)34(3)14-15-34/h7-9,11-13,18,20-22,25-26,28,37H,5-6,10,14-17,19H2,1-4H3,(H,38,41)(H,39,43)(H,44,45)/t20-,21-,22-,25+,26+,28+,35-/m1/s1. The van der Waals surface area contributed by atoms with E-state index in [0.29, 0.717) is 43.2 Å². The summed E-state index contributed by atoms with van der Waals surface area (Å²) in [6, 6.07) is 4.74. The third-order valence-corrected chi connectivity index (χ3v) is 12.7. The normalized spacial score (nSPS) is 30.5. The van der Waals surface area contributed by atoms with Crippen molar-refractivity contribution in [2.45, 2.75) is 106 Å². The van der Waals surface area contributed by atoms with Gasteiger partial charge in [-0.05, 0) is 58.4 Å². The Bertz CT molecular complexity index is 1850. The van der Waals surface area contributed by atoms with Crippen molar-refractivity contribution in [2.24, 2.45) is 5.92 Å². The molecule has 2 aliphatic heterocycles. The number of aromatic nitrogens is 1. The van der Waals surface area contributed by atoms with E-state index in [9.17, 15) is 32.7 Å². The Morgan fingerprint density at radius 1 is 1.20 bits per heavy atom. The fraction of sp³-hybridized carbons (Fsp3) is 0.571. The summed E-state index contributed by atoms with van der Waals surface area (Å²) in [6.45, 7) is 5.06. The Balaban J connectivity index is 1.35. The van der Waals surface area contributed by atoms with Gasteiger partial charge in [0.15, 0.2) is 0 Å². The monoisotopic (exact) mass is 727 g/mol. The Morgan fingerprint density at radius 2 is 1.92 bits per heavy atom. The maximum Gasteiger partial charge on any atom is 0.405 e. The number of fused-ring (bicyclic) bond motifs is 3. The molecule has 1 saturated heterocycles. The van der Waals surface area contributed by atoms with Crippen molar-refractivity contribution in [3.8, 4) is 11.6 Å². The molecule has 51 heavy (non-hydrogen) atoms. The van der Waals surface area contributed by atoms with Crippen molar-refractivity contribution < 1.29 is 46.9 Å². The first kappa shape index (κ1) is 36.4. The number of carboxylic acid groups (broad SMARTS) is 1. The number of nitrogens with zero attached hydrogens (tertiary/aromatic N) is 2. The number of nitrogens with one attached hydrogen (secondary N) is 3. The molecule has 2 aromatic rings. The van der Waals surface area contributed by atoms with Crippen LogP contribution in [-0.2, 0) is 29.1 Å². The number of ether oxygens (including phenoxy) is 3. The fourth-order valence-electron chi connectivity index (χ4n) is 6.99. The number of methoxy groups -OCH3 is 1. The molecule has 2 saturated carbocycles. The van der Waals surface area contributed by atoms with Crippen LogP contribution in [0.2, 0.25) is 0 Å². The number of pyridine rings is 1. The number of allylic oxidation sites excluding steroid dienone is 1. The van der Waals surface area contributed by atoms with E-state index in [-0.39, 0.29) is 31.4 Å². The highest BCUT2D eigenvalue weighted by molar-refractivity contribution is 7.91. The molecule has 2 aliphatic carbocycles. The van der Waals surface area contributed by atoms with Crippen molar-refractivity contribution >= 4 is 44.6 Å². The van der Waals surface area contributed by atoms with Crippen LogP contribution >= 0.6 is 0 Å². The average molecular weight is 728 g/mol. The molecule has 0 unspecified atom stereocenters. The van der Waals surface area contributed by atoms with Gasteiger partial charge in [0.25, 0.3) is 5.91 Å². The zero-order chi connectivity index (χ0) is 36.7. The van der Waals surface area contributed by atoms with Gasteiger partial charge >= 0.3 is 6.09 Å². The summed E-state index contributed by atoms with van der Waals surface area (Å²) in [5, 5.41) is 16.3. The summed E-state index contributed by atoms with van der Waals surface area (Å²) in [6.07, 6.45) is 4.06. The van der Waals surface area contributed by atoms with E-state index in [2.05, 4.69) is 20.3 Å². The van der Waals surface area contributed by atoms with E-state index in [4.69, 9.17) is 14.2 Å². The quantitative estimate of drug-likeness (QED) is 0.291. The molecule has 4 N–H and O–H groups in total. The van der Waals surface area contributed by atoms with E-state index in [0.717, 1.165) is 5.39 Å². The van der Waals surface area contributed by atoms with Crippen molar-refractivity contribution in [2.75, 3.05) is 13.7 Å². The Hall–Kier alpha value is -4.44. The maximum absolute atomic E-state index is 14.4. The molecule has 1 aromatic heterocycles. The molecule has 16 heteroatoms. The second kappa shape index (κ2) is 13.9. The lowest BCUT2D eigenvalue weighted by atomic mass is 10.0. The first-order chi connectivity index (χ1) is 24.2. The first-order valence-electron chi connectivity index (χ1n) is 17.3. The van der Waals surface area contributed by atoms with Gasteiger partial charge in [0.2, 0.25) is 27.7 Å². The number of carbonyl (C=O) groups is 4. The molecule has 0 bridgehead atoms. The minimum atomic E-state index is -4.01.